The lowest BCUT2D eigenvalue weighted by Gasteiger charge is -2.22. The normalized spacial score (nSPS) is 11.5. The van der Waals surface area contributed by atoms with E-state index >= 15 is 0 Å². The zero-order chi connectivity index (χ0) is 28.0. The van der Waals surface area contributed by atoms with Gasteiger partial charge in [0, 0.05) is 25.1 Å². The Labute approximate surface area is 220 Å². The van der Waals surface area contributed by atoms with E-state index in [1.165, 1.54) is 51.0 Å². The first-order chi connectivity index (χ1) is 18.1. The molecule has 0 aliphatic rings. The van der Waals surface area contributed by atoms with Gasteiger partial charge in [0.2, 0.25) is 5.75 Å². The van der Waals surface area contributed by atoms with Crippen LogP contribution in [0.2, 0.25) is 0 Å². The number of aromatic hydroxyl groups is 2. The summed E-state index contributed by atoms with van der Waals surface area (Å²) in [5.74, 6) is -1.94. The standard InChI is InChI=1S/C28H31NO9/c1-16-12-22(32)26(28(34)29(16)11-10-18-6-8-20(31)9-7-18)21(15-25(33)37-5)19-13-23(35-3)27(38-17(2)30)24(14-19)36-4/h6-9,12-14,21,31-32H,10-11,15H2,1-5H3/t21-/m1/s1. The molecule has 0 bridgehead atoms. The molecule has 10 heteroatoms. The third-order valence-corrected chi connectivity index (χ3v) is 6.16. The van der Waals surface area contributed by atoms with Gasteiger partial charge in [0.1, 0.15) is 11.5 Å². The van der Waals surface area contributed by atoms with Gasteiger partial charge < -0.3 is 33.7 Å². The van der Waals surface area contributed by atoms with Crippen LogP contribution < -0.4 is 19.8 Å². The highest BCUT2D eigenvalue weighted by Gasteiger charge is 2.29. The number of carbonyl (C=O) groups is 2. The van der Waals surface area contributed by atoms with Gasteiger partial charge in [0.15, 0.2) is 11.5 Å². The number of methoxy groups -OCH3 is 3. The monoisotopic (exact) mass is 525 g/mol. The van der Waals surface area contributed by atoms with Crippen molar-refractivity contribution < 1.29 is 38.7 Å². The highest BCUT2D eigenvalue weighted by Crippen LogP contribution is 2.43. The number of aryl methyl sites for hydroxylation is 2. The Hall–Kier alpha value is -4.47. The first-order valence-corrected chi connectivity index (χ1v) is 11.8. The minimum atomic E-state index is -0.940. The van der Waals surface area contributed by atoms with E-state index in [0.29, 0.717) is 24.2 Å². The average Bonchev–Trinajstić information content (AvgIpc) is 2.88. The molecule has 0 aliphatic carbocycles. The lowest BCUT2D eigenvalue weighted by molar-refractivity contribution is -0.140. The maximum absolute atomic E-state index is 13.8. The summed E-state index contributed by atoms with van der Waals surface area (Å²) in [7, 11) is 3.98. The number of phenolic OH excluding ortho intramolecular Hbond substituents is 1. The van der Waals surface area contributed by atoms with E-state index < -0.39 is 23.4 Å². The molecule has 3 aromatic rings. The lowest BCUT2D eigenvalue weighted by atomic mass is 9.87. The van der Waals surface area contributed by atoms with Gasteiger partial charge >= 0.3 is 11.9 Å². The fraction of sp³-hybridized carbons (Fsp3) is 0.321. The zero-order valence-corrected chi connectivity index (χ0v) is 21.9. The van der Waals surface area contributed by atoms with Crippen LogP contribution in [0.3, 0.4) is 0 Å². The molecular weight excluding hydrogens is 494 g/mol. The molecule has 1 atom stereocenters. The molecule has 0 saturated heterocycles. The van der Waals surface area contributed by atoms with E-state index in [2.05, 4.69) is 0 Å². The second-order valence-electron chi connectivity index (χ2n) is 8.64. The first kappa shape index (κ1) is 28.1. The van der Waals surface area contributed by atoms with Crippen LogP contribution in [-0.2, 0) is 27.3 Å². The van der Waals surface area contributed by atoms with Crippen molar-refractivity contribution in [2.24, 2.45) is 0 Å². The molecular formula is C28H31NO9. The van der Waals surface area contributed by atoms with Crippen LogP contribution >= 0.6 is 0 Å². The van der Waals surface area contributed by atoms with Gasteiger partial charge in [0.25, 0.3) is 5.56 Å². The highest BCUT2D eigenvalue weighted by molar-refractivity contribution is 5.74. The lowest BCUT2D eigenvalue weighted by Crippen LogP contribution is -2.29. The van der Waals surface area contributed by atoms with E-state index in [0.717, 1.165) is 5.56 Å². The van der Waals surface area contributed by atoms with E-state index in [9.17, 15) is 24.6 Å². The van der Waals surface area contributed by atoms with Gasteiger partial charge in [-0.05, 0) is 54.8 Å². The van der Waals surface area contributed by atoms with Gasteiger partial charge in [-0.3, -0.25) is 14.4 Å². The van der Waals surface area contributed by atoms with Crippen molar-refractivity contribution in [3.05, 3.63) is 75.2 Å². The van der Waals surface area contributed by atoms with E-state index in [-0.39, 0.29) is 40.7 Å². The minimum Gasteiger partial charge on any atom is -0.508 e. The van der Waals surface area contributed by atoms with Crippen molar-refractivity contribution in [3.63, 3.8) is 0 Å². The zero-order valence-electron chi connectivity index (χ0n) is 21.9. The Balaban J connectivity index is 2.16. The van der Waals surface area contributed by atoms with Gasteiger partial charge in [0.05, 0.1) is 33.3 Å². The van der Waals surface area contributed by atoms with Crippen molar-refractivity contribution >= 4 is 11.9 Å². The number of aromatic nitrogens is 1. The molecule has 38 heavy (non-hydrogen) atoms. The van der Waals surface area contributed by atoms with Gasteiger partial charge in [-0.1, -0.05) is 12.1 Å². The molecule has 0 spiro atoms. The number of esters is 2. The fourth-order valence-electron chi connectivity index (χ4n) is 4.26. The van der Waals surface area contributed by atoms with E-state index in [1.807, 2.05) is 0 Å². The Kier molecular flexibility index (Phi) is 9.01. The molecule has 0 unspecified atom stereocenters. The largest absolute Gasteiger partial charge is 0.508 e. The number of rotatable bonds is 10. The van der Waals surface area contributed by atoms with Gasteiger partial charge in [-0.15, -0.1) is 0 Å². The third-order valence-electron chi connectivity index (χ3n) is 6.16. The summed E-state index contributed by atoms with van der Waals surface area (Å²) in [4.78, 5) is 37.8. The molecule has 10 nitrogen and oxygen atoms in total. The molecule has 1 aromatic heterocycles. The second-order valence-corrected chi connectivity index (χ2v) is 8.64. The highest BCUT2D eigenvalue weighted by atomic mass is 16.6. The molecule has 3 rings (SSSR count). The maximum Gasteiger partial charge on any atom is 0.308 e. The summed E-state index contributed by atoms with van der Waals surface area (Å²) in [5.41, 5.74) is 1.37. The smallest absolute Gasteiger partial charge is 0.308 e. The number of carbonyl (C=O) groups excluding carboxylic acids is 2. The quantitative estimate of drug-likeness (QED) is 0.302. The number of nitrogens with zero attached hydrogens (tertiary/aromatic N) is 1. The fourth-order valence-corrected chi connectivity index (χ4v) is 4.26. The van der Waals surface area contributed by atoms with Crippen molar-refractivity contribution in [1.29, 1.82) is 0 Å². The number of hydrogen-bond acceptors (Lipinski definition) is 9. The topological polar surface area (TPSA) is 134 Å². The summed E-state index contributed by atoms with van der Waals surface area (Å²) in [5, 5.41) is 20.5. The predicted octanol–water partition coefficient (Wildman–Crippen LogP) is 3.45. The van der Waals surface area contributed by atoms with E-state index in [4.69, 9.17) is 18.9 Å². The Morgan fingerprint density at radius 1 is 0.974 bits per heavy atom. The summed E-state index contributed by atoms with van der Waals surface area (Å²) >= 11 is 0. The molecule has 202 valence electrons. The Morgan fingerprint density at radius 3 is 2.11 bits per heavy atom. The predicted molar refractivity (Wildman–Crippen MR) is 138 cm³/mol. The molecule has 2 N–H and O–H groups in total. The molecule has 0 fully saturated rings. The molecule has 0 aliphatic heterocycles. The van der Waals surface area contributed by atoms with Crippen LogP contribution in [0.25, 0.3) is 0 Å². The van der Waals surface area contributed by atoms with E-state index in [1.54, 1.807) is 31.2 Å². The van der Waals surface area contributed by atoms with Crippen molar-refractivity contribution in [1.82, 2.24) is 4.57 Å². The number of benzene rings is 2. The SMILES string of the molecule is COC(=O)C[C@H](c1cc(OC)c(OC(C)=O)c(OC)c1)c1c(O)cc(C)n(CCc2ccc(O)cc2)c1=O. The molecule has 0 amide bonds. The molecule has 0 radical (unpaired) electrons. The van der Waals surface area contributed by atoms with Crippen LogP contribution in [-0.4, -0.2) is 48.0 Å². The summed E-state index contributed by atoms with van der Waals surface area (Å²) in [6.45, 7) is 3.24. The van der Waals surface area contributed by atoms with Crippen LogP contribution in [0.15, 0.2) is 47.3 Å². The maximum atomic E-state index is 13.8. The third kappa shape index (κ3) is 6.26. The second kappa shape index (κ2) is 12.2. The van der Waals surface area contributed by atoms with Crippen molar-refractivity contribution in [2.45, 2.75) is 39.2 Å². The first-order valence-electron chi connectivity index (χ1n) is 11.8. The summed E-state index contributed by atoms with van der Waals surface area (Å²) < 4.78 is 22.5. The van der Waals surface area contributed by atoms with Gasteiger partial charge in [-0.2, -0.15) is 0 Å². The molecule has 0 saturated carbocycles. The number of ether oxygens (including phenoxy) is 4. The van der Waals surface area contributed by atoms with Gasteiger partial charge in [-0.25, -0.2) is 0 Å². The molecule has 2 aromatic carbocycles. The van der Waals surface area contributed by atoms with Crippen LogP contribution in [0, 0.1) is 6.92 Å². The average molecular weight is 526 g/mol. The van der Waals surface area contributed by atoms with Crippen LogP contribution in [0.5, 0.6) is 28.7 Å². The van der Waals surface area contributed by atoms with Crippen molar-refractivity contribution in [2.75, 3.05) is 21.3 Å². The number of phenols is 1. The minimum absolute atomic E-state index is 0.00366. The van der Waals surface area contributed by atoms with Crippen LogP contribution in [0.4, 0.5) is 0 Å². The number of pyridine rings is 1. The van der Waals surface area contributed by atoms with Crippen LogP contribution in [0.1, 0.15) is 41.6 Å². The Morgan fingerprint density at radius 2 is 1.58 bits per heavy atom. The summed E-state index contributed by atoms with van der Waals surface area (Å²) in [6.07, 6.45) is 0.227. The summed E-state index contributed by atoms with van der Waals surface area (Å²) in [6, 6.07) is 11.2. The number of hydrogen-bond donors (Lipinski definition) is 2. The Bertz CT molecular complexity index is 1350. The van der Waals surface area contributed by atoms with Crippen molar-refractivity contribution in [3.8, 4) is 28.7 Å². The molecule has 1 heterocycles.